The first-order valence-corrected chi connectivity index (χ1v) is 60.9. The van der Waals surface area contributed by atoms with E-state index in [4.69, 9.17) is 8.92 Å². The summed E-state index contributed by atoms with van der Waals surface area (Å²) >= 11 is 0. The Labute approximate surface area is 1100 Å². The van der Waals surface area contributed by atoms with Crippen LogP contribution in [0.5, 0.6) is 0 Å². The molecule has 142 heavy (non-hydrogen) atoms. The fourth-order valence-electron chi connectivity index (χ4n) is 136. The summed E-state index contributed by atoms with van der Waals surface area (Å²) in [6, 6.07) is 0. The minimum Gasteiger partial charge on any atom is -0.0149 e. The first-order valence-electron chi connectivity index (χ1n) is 60.1. The van der Waals surface area contributed by atoms with Gasteiger partial charge in [-0.3, -0.25) is 8.92 Å². The summed E-state index contributed by atoms with van der Waals surface area (Å²) in [6.07, 6.45) is 14.8. The normalized spacial score (nSPS) is 122. The van der Waals surface area contributed by atoms with E-state index in [0.717, 1.165) is 325 Å². The predicted octanol–water partition coefficient (Wildman–Crippen LogP) is -0.127. The summed E-state index contributed by atoms with van der Waals surface area (Å²) in [7, 11) is -1.42. The van der Waals surface area contributed by atoms with Gasteiger partial charge in [-0.05, 0) is 695 Å². The van der Waals surface area contributed by atoms with Crippen molar-refractivity contribution in [2.75, 3.05) is 0 Å². The summed E-state index contributed by atoms with van der Waals surface area (Å²) in [5.41, 5.74) is 68.1. The molecule has 0 N–H and O–H groups in total. The number of fused-ring (bicyclic) bond motifs is 44. The summed E-state index contributed by atoms with van der Waals surface area (Å²) in [5, 5.41) is 0. The first-order chi connectivity index (χ1) is 61.1. The Morgan fingerprint density at radius 1 is 0.169 bits per heavy atom. The van der Waals surface area contributed by atoms with Crippen LogP contribution in [0.3, 0.4) is 0 Å². The van der Waals surface area contributed by atoms with Gasteiger partial charge in [0.15, 0.2) is 0 Å². The monoisotopic (exact) mass is 3350 g/mol. The molecule has 0 saturated heterocycles. The van der Waals surface area contributed by atoms with Crippen LogP contribution in [0.15, 0.2) is 0 Å². The van der Waals surface area contributed by atoms with Gasteiger partial charge >= 0.3 is 277 Å². The van der Waals surface area contributed by atoms with Gasteiger partial charge in [0.2, 0.25) is 0 Å². The Morgan fingerprint density at radius 3 is 0.352 bits per heavy atom. The van der Waals surface area contributed by atoms with Gasteiger partial charge in [-0.2, -0.15) is 27.0 Å². The Balaban J connectivity index is 0.0000000783. The molecule has 88 saturated carbocycles. The maximum Gasteiger partial charge on any atom is -0.0149 e. The zero-order valence-electron chi connectivity index (χ0n) is 81.0. The zero-order valence-corrected chi connectivity index (χ0v) is 126. The molecule has 88 rings (SSSR count). The fourth-order valence-corrected chi connectivity index (χ4v) is 136. The average molecular weight is 3360 g/mol. The van der Waals surface area contributed by atoms with E-state index < -0.39 is 9.29 Å². The average Bonchev–Trinajstić information content (AvgIpc) is 0.419. The molecule has 714 valence electrons. The van der Waals surface area contributed by atoms with Gasteiger partial charge in [-0.1, -0.05) is 0 Å². The molecule has 0 aromatic rings. The van der Waals surface area contributed by atoms with Crippen molar-refractivity contribution in [3.63, 3.8) is 0 Å². The van der Waals surface area contributed by atoms with Crippen molar-refractivity contribution >= 4 is 314 Å². The summed E-state index contributed by atoms with van der Waals surface area (Å²) in [5.74, 6) is 73.4. The molecule has 88 aliphatic rings. The smallest absolute Gasteiger partial charge is 0.0149 e. The topological polar surface area (TPSA) is 34.1 Å². The predicted molar refractivity (Wildman–Crippen MR) is 511 cm³/mol. The molecular formula is C120H102As2Bi2Ca2Cu2Fe2Ni2O2Pb2S2Sb2Si2. The van der Waals surface area contributed by atoms with Crippen LogP contribution in [0.4, 0.5) is 0 Å². The molecule has 6 radical (unpaired) electrons. The van der Waals surface area contributed by atoms with Crippen molar-refractivity contribution in [2.45, 2.75) is 51.4 Å². The largest absolute Gasteiger partial charge is 0.0149 e. The van der Waals surface area contributed by atoms with E-state index in [1.807, 2.05) is 51.4 Å². The molecule has 88 aliphatic carbocycles. The Morgan fingerprint density at radius 2 is 0.246 bits per heavy atom. The molecule has 0 bridgehead atoms. The Bertz CT molecular complexity index is 8250. The van der Waals surface area contributed by atoms with Crippen LogP contribution in [0.25, 0.3) is 0 Å². The molecule has 0 amide bonds. The standard InChI is InChI=1S/2C60H34.2AsH3.2Bi.2Ca.2Cu.2Fe.2Ni.O2Si.2Pb.2H2S.2Sb.H4Si.20H/c2*1-5-13-6-2-10-16-20-25-29-30-26-22-18-12-4-8-14-7-3-11-17-21-24-28-27-23-19-15-9(1)31(5)35(13)32(6,10)38(16)42(20)46(25)51(29)52(30)48(26)44(22)40(18)34(8,12)36(14)33(7,11)39(17)43(21)47(24)50(28)49(27)45(23)41(19)37(15,31)53(35,38)55(41,42)57(45,46)59(49,51)60(50,52)58(47,48)56(43,44)54(36,39)40;;;;;;;;;;;;;1-3-2;;;;;;;;;;;;;;;;;;;;;;;;;;;/h2*5-30H,1-4H2;2*1H3;;;;;;;;;;;;;;2*1H2;;;1H4;;;;;;;;;;;;;;;;;;;;/q;;;;;;2*+2;;;;;;;;;;;;;;;;;;;;;;;;;;;;;;;4*-1. The van der Waals surface area contributed by atoms with Gasteiger partial charge in [-0.15, -0.1) is 0 Å². The second-order valence-corrected chi connectivity index (χ2v) is 78.8. The molecule has 90 atom stereocenters. The minimum atomic E-state index is -1.42. The fraction of sp³-hybridized carbons (Fsp3) is 1.00. The van der Waals surface area contributed by atoms with Crippen molar-refractivity contribution in [3.8, 4) is 0 Å². The van der Waals surface area contributed by atoms with Crippen molar-refractivity contribution in [1.82, 2.24) is 0 Å². The van der Waals surface area contributed by atoms with Crippen molar-refractivity contribution in [3.05, 3.63) is 97.5 Å². The van der Waals surface area contributed by atoms with E-state index in [1.54, 1.807) is 0 Å². The molecule has 60 spiro atoms. The summed E-state index contributed by atoms with van der Waals surface area (Å²) in [4.78, 5) is 0. The molecule has 0 aliphatic heterocycles. The van der Waals surface area contributed by atoms with E-state index in [9.17, 15) is 0 Å². The van der Waals surface area contributed by atoms with E-state index in [0.29, 0.717) is 0 Å². The maximum absolute atomic E-state index is 8.40. The molecule has 88 fully saturated rings. The van der Waals surface area contributed by atoms with Crippen LogP contribution in [-0.2, 0) is 110 Å². The molecule has 0 aromatic carbocycles. The van der Waals surface area contributed by atoms with Crippen LogP contribution < -0.4 is 0 Å². The number of rotatable bonds is 0. The molecule has 22 heteroatoms. The van der Waals surface area contributed by atoms with Gasteiger partial charge in [0, 0.05) is 101 Å². The second kappa shape index (κ2) is 12.4. The van der Waals surface area contributed by atoms with Crippen LogP contribution in [0.1, 0.15) is 57.1 Å². The third kappa shape index (κ3) is 1.85. The Hall–Kier alpha value is 12.7. The zero-order chi connectivity index (χ0) is 68.4. The molecule has 0 heterocycles. The first kappa shape index (κ1) is 75.0. The van der Waals surface area contributed by atoms with E-state index >= 15 is 0 Å². The molecule has 2 nitrogen and oxygen atoms in total. The second-order valence-electron chi connectivity index (χ2n) is 78.6. The van der Waals surface area contributed by atoms with Crippen molar-refractivity contribution < 1.29 is 116 Å². The third-order valence-corrected chi connectivity index (χ3v) is 106. The SMILES string of the molecule is C1C2C3C4CC5C6C7C8C9C%10C%11C%12C%13C%14CC%15C%16C%17CC%18C%19C%20C%21C%22C%23C%24C%25C%26C1C21C32C45C63C74C85C96C%107C%118C%129C%13%10C%15%14C%16%11C%17%18C%19%12C%20%13C%21%14C%22%15C%23%16C%24%17C%25%18C%261C23C%184C%175C%166C%157C%148C%139C%11%12%10.C1C2C3C4CC5C6C7C8C9C%10C%11C%12C%13C%14CC%15C%16C%17CC%18C%19C%20C%21C%22C%23C%24C%25C%26C1C21C32C45C63C74C85C96C%107C%118C%129C%13%10C%15%14C%16%11C%17%18C%19%12C%20%13C%21%14C%22%15C%23%16C%24%17C%25%18C%261C23C%184C%175C%166C%157C%148C%139C%11%12%10.O=[Si]=O.S.S.[AsH3].[AsH3].[BiH3].[BiH3].[Ca+2].[Ca+2].[Cu].[Cu].[Fe].[Fe].[H-].[H-].[H-].[H-].[Ni].[Ni].[PbH2].[PbH2].[SbH3].[SbH3].[SiH4]. The summed E-state index contributed by atoms with van der Waals surface area (Å²) < 4.78 is 16.8. The summed E-state index contributed by atoms with van der Waals surface area (Å²) in [6.45, 7) is 0. The van der Waals surface area contributed by atoms with Crippen LogP contribution in [0.2, 0.25) is 0 Å². The minimum absolute atomic E-state index is 0. The third-order valence-electron chi connectivity index (χ3n) is 106. The number of hydrogen-bond acceptors (Lipinski definition) is 2. The van der Waals surface area contributed by atoms with Gasteiger partial charge in [0.1, 0.15) is 0 Å². The molecule has 0 aromatic heterocycles. The molecule has 90 unspecified atom stereocenters. The Kier molecular flexibility index (Phi) is 6.55. The van der Waals surface area contributed by atoms with Gasteiger partial charge in [0.05, 0.1) is 0 Å². The quantitative estimate of drug-likeness (QED) is 0.318. The van der Waals surface area contributed by atoms with Gasteiger partial charge < -0.3 is 5.71 Å². The van der Waals surface area contributed by atoms with E-state index in [1.165, 1.54) is 308 Å². The van der Waals surface area contributed by atoms with E-state index in [-0.39, 0.29) is 412 Å². The van der Waals surface area contributed by atoms with Crippen LogP contribution >= 0.6 is 27.0 Å². The van der Waals surface area contributed by atoms with Crippen LogP contribution in [0, 0.1) is 633 Å². The van der Waals surface area contributed by atoms with Crippen molar-refractivity contribution in [1.29, 1.82) is 0 Å². The van der Waals surface area contributed by atoms with Crippen LogP contribution in [-0.4, -0.2) is 288 Å². The van der Waals surface area contributed by atoms with Crippen molar-refractivity contribution in [2.24, 2.45) is 535 Å². The maximum atomic E-state index is 8.40. The van der Waals surface area contributed by atoms with Gasteiger partial charge in [-0.25, -0.2) is 0 Å². The molecular weight excluding hydrogens is 3260 g/mol. The van der Waals surface area contributed by atoms with E-state index in [2.05, 4.69) is 0 Å². The number of hydrogen-bond donors (Lipinski definition) is 0. The van der Waals surface area contributed by atoms with Gasteiger partial charge in [0.25, 0.3) is 0 Å².